The second-order valence-electron chi connectivity index (χ2n) is 4.98. The number of hydrogen-bond acceptors (Lipinski definition) is 1. The van der Waals surface area contributed by atoms with E-state index in [1.54, 1.807) is 11.8 Å². The molecule has 0 aliphatic carbocycles. The summed E-state index contributed by atoms with van der Waals surface area (Å²) in [6.07, 6.45) is 4.06. The van der Waals surface area contributed by atoms with Crippen molar-refractivity contribution >= 4 is 51.3 Å². The number of anilines is 1. The molecule has 0 saturated heterocycles. The van der Waals surface area contributed by atoms with Gasteiger partial charge in [0.15, 0.2) is 0 Å². The van der Waals surface area contributed by atoms with Gasteiger partial charge in [0.2, 0.25) is 5.91 Å². The first-order valence-corrected chi connectivity index (χ1v) is 7.76. The van der Waals surface area contributed by atoms with E-state index in [-0.39, 0.29) is 5.91 Å². The van der Waals surface area contributed by atoms with E-state index in [1.807, 2.05) is 36.4 Å². The third-order valence-corrected chi connectivity index (χ3v) is 4.27. The van der Waals surface area contributed by atoms with E-state index in [0.717, 1.165) is 26.9 Å². The van der Waals surface area contributed by atoms with Crippen molar-refractivity contribution in [2.24, 2.45) is 0 Å². The summed E-state index contributed by atoms with van der Waals surface area (Å²) in [6.45, 7) is 2.14. The second kappa shape index (κ2) is 5.66. The van der Waals surface area contributed by atoms with Crippen molar-refractivity contribution in [1.82, 2.24) is 0 Å². The number of rotatable bonds is 0. The van der Waals surface area contributed by atoms with Crippen molar-refractivity contribution in [3.8, 4) is 0 Å². The molecular weight excluding hydrogens is 350 g/mol. The Bertz CT molecular complexity index is 754. The molecule has 21 heavy (non-hydrogen) atoms. The van der Waals surface area contributed by atoms with E-state index in [0.29, 0.717) is 11.6 Å². The molecule has 3 rings (SSSR count). The molecule has 0 aromatic heterocycles. The van der Waals surface area contributed by atoms with E-state index < -0.39 is 0 Å². The predicted octanol–water partition coefficient (Wildman–Crippen LogP) is 5.14. The number of hydrogen-bond donors (Lipinski definition) is 0. The molecule has 2 aromatic rings. The van der Waals surface area contributed by atoms with Gasteiger partial charge in [-0.15, -0.1) is 0 Å². The van der Waals surface area contributed by atoms with Crippen molar-refractivity contribution < 1.29 is 4.79 Å². The van der Waals surface area contributed by atoms with Gasteiger partial charge in [-0.25, -0.2) is 0 Å². The van der Waals surface area contributed by atoms with E-state index in [4.69, 9.17) is 11.6 Å². The molecule has 0 radical (unpaired) electrons. The molecule has 1 amide bonds. The van der Waals surface area contributed by atoms with E-state index in [1.165, 1.54) is 0 Å². The number of nitrogens with zero attached hydrogens (tertiary/aromatic N) is 1. The fraction of sp³-hybridized carbons (Fsp3) is 0.118. The lowest BCUT2D eigenvalue weighted by atomic mass is 10.0. The summed E-state index contributed by atoms with van der Waals surface area (Å²) in [7, 11) is 0. The topological polar surface area (TPSA) is 20.3 Å². The van der Waals surface area contributed by atoms with Gasteiger partial charge in [0.25, 0.3) is 0 Å². The average molecular weight is 363 g/mol. The predicted molar refractivity (Wildman–Crippen MR) is 91.4 cm³/mol. The number of amides is 1. The monoisotopic (exact) mass is 361 g/mol. The summed E-state index contributed by atoms with van der Waals surface area (Å²) in [5.41, 5.74) is 4.05. The summed E-state index contributed by atoms with van der Waals surface area (Å²) in [5.74, 6) is 0.0164. The molecule has 2 nitrogen and oxygen atoms in total. The number of halogens is 2. The Hall–Kier alpha value is -1.58. The molecule has 0 N–H and O–H groups in total. The van der Waals surface area contributed by atoms with Crippen LogP contribution >= 0.6 is 27.5 Å². The smallest absolute Gasteiger partial charge is 0.224 e. The third-order valence-electron chi connectivity index (χ3n) is 3.54. The first kappa shape index (κ1) is 14.4. The van der Waals surface area contributed by atoms with Crippen LogP contribution in [0.2, 0.25) is 5.02 Å². The van der Waals surface area contributed by atoms with Crippen LogP contribution in [0.5, 0.6) is 0 Å². The highest BCUT2D eigenvalue weighted by Crippen LogP contribution is 2.31. The van der Waals surface area contributed by atoms with Crippen LogP contribution in [-0.2, 0) is 11.3 Å². The largest absolute Gasteiger partial charge is 0.308 e. The Morgan fingerprint density at radius 3 is 2.67 bits per heavy atom. The lowest BCUT2D eigenvalue weighted by Crippen LogP contribution is -2.29. The lowest BCUT2D eigenvalue weighted by molar-refractivity contribution is -0.116. The molecule has 0 saturated carbocycles. The minimum absolute atomic E-state index is 0.0164. The highest BCUT2D eigenvalue weighted by molar-refractivity contribution is 9.10. The zero-order chi connectivity index (χ0) is 15.0. The van der Waals surface area contributed by atoms with Gasteiger partial charge < -0.3 is 4.90 Å². The first-order chi connectivity index (χ1) is 10.0. The van der Waals surface area contributed by atoms with Crippen molar-refractivity contribution in [3.63, 3.8) is 0 Å². The molecule has 106 valence electrons. The Labute approximate surface area is 137 Å². The van der Waals surface area contributed by atoms with Gasteiger partial charge in [-0.3, -0.25) is 4.79 Å². The molecule has 0 spiro atoms. The lowest BCUT2D eigenvalue weighted by Gasteiger charge is -2.26. The van der Waals surface area contributed by atoms with Gasteiger partial charge in [0.1, 0.15) is 0 Å². The summed E-state index contributed by atoms with van der Waals surface area (Å²) >= 11 is 9.57. The Morgan fingerprint density at radius 2 is 1.90 bits per heavy atom. The Morgan fingerprint density at radius 1 is 1.14 bits per heavy atom. The quantitative estimate of drug-likeness (QED) is 0.635. The summed E-state index contributed by atoms with van der Waals surface area (Å²) < 4.78 is 1.02. The number of fused-ring (bicyclic) bond motifs is 2. The fourth-order valence-electron chi connectivity index (χ4n) is 2.49. The second-order valence-corrected chi connectivity index (χ2v) is 6.34. The maximum absolute atomic E-state index is 12.0. The van der Waals surface area contributed by atoms with Crippen molar-refractivity contribution in [1.29, 1.82) is 0 Å². The number of benzene rings is 2. The minimum Gasteiger partial charge on any atom is -0.308 e. The zero-order valence-corrected chi connectivity index (χ0v) is 13.8. The Balaban J connectivity index is 2.21. The molecule has 0 bridgehead atoms. The normalized spacial score (nSPS) is 13.2. The van der Waals surface area contributed by atoms with Crippen LogP contribution in [0.25, 0.3) is 12.2 Å². The molecule has 0 atom stereocenters. The zero-order valence-electron chi connectivity index (χ0n) is 11.4. The van der Waals surface area contributed by atoms with Crippen molar-refractivity contribution in [2.75, 3.05) is 4.90 Å². The molecule has 0 unspecified atom stereocenters. The highest BCUT2D eigenvalue weighted by Gasteiger charge is 2.18. The molecule has 2 aromatic carbocycles. The summed E-state index contributed by atoms with van der Waals surface area (Å²) in [4.78, 5) is 13.8. The van der Waals surface area contributed by atoms with Gasteiger partial charge in [0.05, 0.1) is 12.2 Å². The third kappa shape index (κ3) is 2.89. The minimum atomic E-state index is 0.0164. The van der Waals surface area contributed by atoms with Gasteiger partial charge in [-0.1, -0.05) is 45.7 Å². The molecule has 4 heteroatoms. The van der Waals surface area contributed by atoms with Crippen LogP contribution in [0.1, 0.15) is 23.6 Å². The van der Waals surface area contributed by atoms with Gasteiger partial charge in [-0.2, -0.15) is 0 Å². The van der Waals surface area contributed by atoms with Crippen LogP contribution < -0.4 is 4.90 Å². The molecule has 1 aliphatic rings. The maximum Gasteiger partial charge on any atom is 0.224 e. The van der Waals surface area contributed by atoms with Crippen molar-refractivity contribution in [3.05, 3.63) is 62.6 Å². The van der Waals surface area contributed by atoms with Crippen LogP contribution in [0.15, 0.2) is 40.9 Å². The van der Waals surface area contributed by atoms with Crippen molar-refractivity contribution in [2.45, 2.75) is 13.5 Å². The number of carbonyl (C=O) groups is 1. The SMILES string of the molecule is CC(=O)N1Cc2ccc(Br)cc2C=Cc2cc(Cl)ccc21. The van der Waals surface area contributed by atoms with Crippen LogP contribution in [-0.4, -0.2) is 5.91 Å². The number of carbonyl (C=O) groups excluding carboxylic acids is 1. The summed E-state index contributed by atoms with van der Waals surface area (Å²) in [6, 6.07) is 11.7. The standard InChI is InChI=1S/C17H13BrClNO/c1-11(21)20-10-14-4-5-15(18)8-12(14)2-3-13-9-16(19)6-7-17(13)20/h2-9H,10H2,1H3. The Kier molecular flexibility index (Phi) is 3.87. The molecule has 0 fully saturated rings. The molecule has 1 aliphatic heterocycles. The van der Waals surface area contributed by atoms with Gasteiger partial charge in [-0.05, 0) is 47.0 Å². The van der Waals surface area contributed by atoms with E-state index >= 15 is 0 Å². The van der Waals surface area contributed by atoms with Gasteiger partial charge in [0, 0.05) is 16.4 Å². The first-order valence-electron chi connectivity index (χ1n) is 6.59. The highest BCUT2D eigenvalue weighted by atomic mass is 79.9. The van der Waals surface area contributed by atoms with Gasteiger partial charge >= 0.3 is 0 Å². The molecular formula is C17H13BrClNO. The maximum atomic E-state index is 12.0. The van der Waals surface area contributed by atoms with Crippen LogP contribution in [0.4, 0.5) is 5.69 Å². The fourth-order valence-corrected chi connectivity index (χ4v) is 3.04. The average Bonchev–Trinajstić information content (AvgIpc) is 2.42. The van der Waals surface area contributed by atoms with E-state index in [9.17, 15) is 4.79 Å². The van der Waals surface area contributed by atoms with E-state index in [2.05, 4.69) is 28.1 Å². The van der Waals surface area contributed by atoms with Crippen LogP contribution in [0.3, 0.4) is 0 Å². The van der Waals surface area contributed by atoms with Crippen LogP contribution in [0, 0.1) is 0 Å². The molecule has 1 heterocycles. The summed E-state index contributed by atoms with van der Waals surface area (Å²) in [5, 5.41) is 0.664.